The van der Waals surface area contributed by atoms with E-state index in [2.05, 4.69) is 22.1 Å². The highest BCUT2D eigenvalue weighted by molar-refractivity contribution is 7.89. The highest BCUT2D eigenvalue weighted by atomic mass is 32.2. The topological polar surface area (TPSA) is 79.4 Å². The van der Waals surface area contributed by atoms with Crippen LogP contribution in [0.4, 0.5) is 10.1 Å². The van der Waals surface area contributed by atoms with Crippen molar-refractivity contribution in [3.63, 3.8) is 0 Å². The lowest BCUT2D eigenvalue weighted by Crippen LogP contribution is -2.35. The van der Waals surface area contributed by atoms with Gasteiger partial charge in [-0.25, -0.2) is 17.8 Å². The molecular weight excluding hydrogens is 405 g/mol. The van der Waals surface area contributed by atoms with Crippen LogP contribution in [0.1, 0.15) is 11.3 Å². The Kier molecular flexibility index (Phi) is 6.57. The number of nitrogens with zero attached hydrogens (tertiary/aromatic N) is 2. The first-order valence-electron chi connectivity index (χ1n) is 8.89. The van der Waals surface area contributed by atoms with Crippen LogP contribution >= 0.6 is 0 Å². The lowest BCUT2D eigenvalue weighted by atomic mass is 10.2. The van der Waals surface area contributed by atoms with E-state index >= 15 is 0 Å². The van der Waals surface area contributed by atoms with Gasteiger partial charge in [-0.15, -0.1) is 0 Å². The molecule has 0 atom stereocenters. The van der Waals surface area contributed by atoms with Crippen molar-refractivity contribution in [1.82, 2.24) is 9.29 Å². The Balaban J connectivity index is 1.66. The van der Waals surface area contributed by atoms with E-state index in [0.29, 0.717) is 16.9 Å². The second-order valence-corrected chi connectivity index (χ2v) is 8.35. The second kappa shape index (κ2) is 9.31. The largest absolute Gasteiger partial charge is 0.325 e. The number of nitrogens with one attached hydrogen (secondary N) is 1. The first-order chi connectivity index (χ1) is 14.3. The Hall–Kier alpha value is -3.54. The van der Waals surface area contributed by atoms with Crippen LogP contribution in [-0.2, 0) is 14.8 Å². The Bertz CT molecular complexity index is 1200. The molecular formula is C22H18FN3O3S. The minimum absolute atomic E-state index is 0.0917. The third kappa shape index (κ3) is 5.50. The Morgan fingerprint density at radius 1 is 1.07 bits per heavy atom. The summed E-state index contributed by atoms with van der Waals surface area (Å²) < 4.78 is 38.9. The van der Waals surface area contributed by atoms with Gasteiger partial charge in [-0.1, -0.05) is 18.1 Å². The van der Waals surface area contributed by atoms with E-state index in [4.69, 9.17) is 0 Å². The van der Waals surface area contributed by atoms with Gasteiger partial charge in [-0.2, -0.15) is 4.31 Å². The molecule has 6 nitrogen and oxygen atoms in total. The van der Waals surface area contributed by atoms with Crippen LogP contribution in [0, 0.1) is 17.7 Å². The monoisotopic (exact) mass is 423 g/mol. The van der Waals surface area contributed by atoms with Crippen LogP contribution in [0.25, 0.3) is 0 Å². The van der Waals surface area contributed by atoms with Crippen LogP contribution < -0.4 is 5.32 Å². The van der Waals surface area contributed by atoms with E-state index in [1.807, 2.05) is 6.07 Å². The third-order valence-electron chi connectivity index (χ3n) is 4.03. The van der Waals surface area contributed by atoms with Crippen molar-refractivity contribution in [2.75, 3.05) is 18.9 Å². The molecule has 0 unspecified atom stereocenters. The molecule has 8 heteroatoms. The molecule has 0 aliphatic heterocycles. The van der Waals surface area contributed by atoms with E-state index < -0.39 is 28.3 Å². The smallest absolute Gasteiger partial charge is 0.243 e. The molecule has 0 aliphatic rings. The summed E-state index contributed by atoms with van der Waals surface area (Å²) in [4.78, 5) is 16.4. The minimum atomic E-state index is -3.91. The number of anilines is 1. The zero-order valence-electron chi connectivity index (χ0n) is 16.0. The van der Waals surface area contributed by atoms with Gasteiger partial charge in [-0.05, 0) is 60.5 Å². The lowest BCUT2D eigenvalue weighted by molar-refractivity contribution is -0.116. The van der Waals surface area contributed by atoms with Crippen molar-refractivity contribution in [3.05, 3.63) is 90.0 Å². The van der Waals surface area contributed by atoms with Crippen molar-refractivity contribution in [3.8, 4) is 11.8 Å². The molecule has 3 aromatic rings. The molecule has 2 aromatic carbocycles. The third-order valence-corrected chi connectivity index (χ3v) is 5.85. The molecule has 0 bridgehead atoms. The number of benzene rings is 2. The van der Waals surface area contributed by atoms with Crippen molar-refractivity contribution in [2.24, 2.45) is 0 Å². The minimum Gasteiger partial charge on any atom is -0.325 e. The Labute approximate surface area is 174 Å². The van der Waals surface area contributed by atoms with Gasteiger partial charge in [0.2, 0.25) is 15.9 Å². The molecule has 0 saturated heterocycles. The molecule has 0 fully saturated rings. The van der Waals surface area contributed by atoms with Gasteiger partial charge >= 0.3 is 0 Å². The number of rotatable bonds is 5. The molecule has 30 heavy (non-hydrogen) atoms. The standard InChI is InChI=1S/C22H18FN3O3S/c1-26(30(28,29)21-12-9-18(23)10-13-21)16-22(27)25-20-7-4-5-17(15-20)8-11-19-6-2-3-14-24-19/h2-7,9-10,12-15H,16H2,1H3,(H,25,27). The summed E-state index contributed by atoms with van der Waals surface area (Å²) in [6, 6.07) is 16.7. The SMILES string of the molecule is CN(CC(=O)Nc1cccc(C#Cc2ccccn2)c1)S(=O)(=O)c1ccc(F)cc1. The summed E-state index contributed by atoms with van der Waals surface area (Å²) in [5.74, 6) is 4.84. The molecule has 0 radical (unpaired) electrons. The van der Waals surface area contributed by atoms with Crippen molar-refractivity contribution in [1.29, 1.82) is 0 Å². The number of aromatic nitrogens is 1. The Morgan fingerprint density at radius 2 is 1.83 bits per heavy atom. The Morgan fingerprint density at radius 3 is 2.53 bits per heavy atom. The fourth-order valence-electron chi connectivity index (χ4n) is 2.52. The number of halogens is 1. The van der Waals surface area contributed by atoms with Crippen LogP contribution in [0.2, 0.25) is 0 Å². The maximum Gasteiger partial charge on any atom is 0.243 e. The highest BCUT2D eigenvalue weighted by Crippen LogP contribution is 2.15. The molecule has 1 heterocycles. The van der Waals surface area contributed by atoms with Gasteiger partial charge in [0.1, 0.15) is 11.5 Å². The van der Waals surface area contributed by atoms with Crippen LogP contribution in [0.3, 0.4) is 0 Å². The second-order valence-electron chi connectivity index (χ2n) is 6.31. The van der Waals surface area contributed by atoms with Crippen molar-refractivity contribution < 1.29 is 17.6 Å². The quantitative estimate of drug-likeness (QED) is 0.640. The van der Waals surface area contributed by atoms with Gasteiger partial charge in [-0.3, -0.25) is 4.79 Å². The zero-order valence-corrected chi connectivity index (χ0v) is 16.9. The van der Waals surface area contributed by atoms with Crippen LogP contribution in [-0.4, -0.2) is 37.2 Å². The normalized spacial score (nSPS) is 10.9. The molecule has 0 saturated carbocycles. The van der Waals surface area contributed by atoms with Crippen LogP contribution in [0.15, 0.2) is 77.8 Å². The van der Waals surface area contributed by atoms with Gasteiger partial charge in [0.25, 0.3) is 0 Å². The number of carbonyl (C=O) groups is 1. The zero-order chi connectivity index (χ0) is 21.6. The lowest BCUT2D eigenvalue weighted by Gasteiger charge is -2.17. The summed E-state index contributed by atoms with van der Waals surface area (Å²) in [6.45, 7) is -0.399. The maximum atomic E-state index is 13.0. The van der Waals surface area contributed by atoms with Gasteiger partial charge in [0.15, 0.2) is 0 Å². The average Bonchev–Trinajstić information content (AvgIpc) is 2.73. The molecule has 0 spiro atoms. The number of hydrogen-bond acceptors (Lipinski definition) is 4. The average molecular weight is 423 g/mol. The van der Waals surface area contributed by atoms with E-state index in [-0.39, 0.29) is 4.90 Å². The molecule has 1 N–H and O–H groups in total. The van der Waals surface area contributed by atoms with E-state index in [1.54, 1.807) is 42.6 Å². The number of sulfonamides is 1. The maximum absolute atomic E-state index is 13.0. The predicted molar refractivity (Wildman–Crippen MR) is 112 cm³/mol. The van der Waals surface area contributed by atoms with E-state index in [9.17, 15) is 17.6 Å². The van der Waals surface area contributed by atoms with Gasteiger partial charge in [0, 0.05) is 24.5 Å². The van der Waals surface area contributed by atoms with E-state index in [0.717, 1.165) is 28.6 Å². The summed E-state index contributed by atoms with van der Waals surface area (Å²) in [5.41, 5.74) is 1.78. The molecule has 152 valence electrons. The molecule has 0 aliphatic carbocycles. The van der Waals surface area contributed by atoms with Crippen molar-refractivity contribution in [2.45, 2.75) is 4.90 Å². The van der Waals surface area contributed by atoms with Crippen molar-refractivity contribution >= 4 is 21.6 Å². The summed E-state index contributed by atoms with van der Waals surface area (Å²) in [7, 11) is -2.63. The fraction of sp³-hybridized carbons (Fsp3) is 0.0909. The molecule has 3 rings (SSSR count). The van der Waals surface area contributed by atoms with Crippen LogP contribution in [0.5, 0.6) is 0 Å². The number of carbonyl (C=O) groups excluding carboxylic acids is 1. The van der Waals surface area contributed by atoms with Gasteiger partial charge < -0.3 is 5.32 Å². The summed E-state index contributed by atoms with van der Waals surface area (Å²) in [6.07, 6.45) is 1.65. The fourth-order valence-corrected chi connectivity index (χ4v) is 3.65. The summed E-state index contributed by atoms with van der Waals surface area (Å²) in [5, 5.41) is 2.66. The highest BCUT2D eigenvalue weighted by Gasteiger charge is 2.23. The van der Waals surface area contributed by atoms with Gasteiger partial charge in [0.05, 0.1) is 11.4 Å². The first kappa shape index (κ1) is 21.2. The summed E-state index contributed by atoms with van der Waals surface area (Å²) >= 11 is 0. The number of amides is 1. The molecule has 1 amide bonds. The molecule has 1 aromatic heterocycles. The number of hydrogen-bond donors (Lipinski definition) is 1. The van der Waals surface area contributed by atoms with E-state index in [1.165, 1.54) is 7.05 Å². The number of pyridine rings is 1. The predicted octanol–water partition coefficient (Wildman–Crippen LogP) is 2.88. The number of likely N-dealkylation sites (N-methyl/N-ethyl adjacent to an activating group) is 1. The first-order valence-corrected chi connectivity index (χ1v) is 10.3.